The van der Waals surface area contributed by atoms with Crippen molar-refractivity contribution in [2.45, 2.75) is 6.92 Å². The van der Waals surface area contributed by atoms with E-state index in [9.17, 15) is 0 Å². The Morgan fingerprint density at radius 1 is 1.70 bits per heavy atom. The number of nitrogens with two attached hydrogens (primary N) is 1. The molecule has 0 aliphatic rings. The van der Waals surface area contributed by atoms with E-state index in [1.165, 1.54) is 6.20 Å². The van der Waals surface area contributed by atoms with Crippen LogP contribution in [0.4, 0.5) is 0 Å². The van der Waals surface area contributed by atoms with Gasteiger partial charge < -0.3 is 11.1 Å². The predicted octanol–water partition coefficient (Wildman–Crippen LogP) is 1.35. The molecule has 0 radical (unpaired) electrons. The van der Waals surface area contributed by atoms with Gasteiger partial charge in [0, 0.05) is 17.6 Å². The van der Waals surface area contributed by atoms with Crippen molar-refractivity contribution < 1.29 is 0 Å². The van der Waals surface area contributed by atoms with E-state index in [2.05, 4.69) is 24.5 Å². The number of hydrogen-bond donors (Lipinski definition) is 3. The van der Waals surface area contributed by atoms with Crippen LogP contribution in [0.1, 0.15) is 6.92 Å². The molecule has 0 saturated heterocycles. The molecule has 0 aliphatic carbocycles. The Balaban J connectivity index is 3.80. The van der Waals surface area contributed by atoms with Crippen molar-refractivity contribution in [1.82, 2.24) is 5.32 Å². The molecule has 0 fully saturated rings. The van der Waals surface area contributed by atoms with Crippen molar-refractivity contribution in [3.05, 3.63) is 35.7 Å². The maximum Gasteiger partial charge on any atom is 0.0314 e. The maximum absolute atomic E-state index is 5.21. The average molecular weight is 156 g/mol. The Morgan fingerprint density at radius 2 is 2.30 bits per heavy atom. The molecule has 0 aromatic carbocycles. The topological polar surface area (TPSA) is 38.0 Å². The van der Waals surface area contributed by atoms with E-state index in [1.54, 1.807) is 11.5 Å². The summed E-state index contributed by atoms with van der Waals surface area (Å²) in [5.41, 5.74) is 6.85. The highest BCUT2D eigenvalue weighted by atomic mass is 32.1. The highest BCUT2D eigenvalue weighted by Crippen LogP contribution is 1.93. The summed E-state index contributed by atoms with van der Waals surface area (Å²) >= 11 is 3.88. The molecule has 0 atom stereocenters. The number of nitrogens with one attached hydrogen (secondary N) is 1. The molecule has 0 rings (SSSR count). The Hall–Kier alpha value is -0.830. The minimum absolute atomic E-state index is 0.772. The average Bonchev–Trinajstić information content (AvgIpc) is 1.88. The molecule has 0 unspecified atom stereocenters. The summed E-state index contributed by atoms with van der Waals surface area (Å²) in [7, 11) is 0. The van der Waals surface area contributed by atoms with Crippen LogP contribution in [0.5, 0.6) is 0 Å². The summed E-state index contributed by atoms with van der Waals surface area (Å²) in [6.45, 7) is 5.55. The highest BCUT2D eigenvalue weighted by molar-refractivity contribution is 7.83. The molecule has 3 N–H and O–H groups in total. The molecule has 0 spiro atoms. The number of rotatable bonds is 3. The van der Waals surface area contributed by atoms with Gasteiger partial charge in [-0.1, -0.05) is 6.58 Å². The summed E-state index contributed by atoms with van der Waals surface area (Å²) < 4.78 is 0. The summed E-state index contributed by atoms with van der Waals surface area (Å²) in [4.78, 5) is 0. The van der Waals surface area contributed by atoms with Crippen LogP contribution >= 0.6 is 12.6 Å². The van der Waals surface area contributed by atoms with Gasteiger partial charge in [0.2, 0.25) is 0 Å². The Bertz CT molecular complexity index is 170. The van der Waals surface area contributed by atoms with Gasteiger partial charge in [0.25, 0.3) is 0 Å². The van der Waals surface area contributed by atoms with Crippen LogP contribution in [0.3, 0.4) is 0 Å². The number of hydrogen-bond acceptors (Lipinski definition) is 3. The van der Waals surface area contributed by atoms with E-state index < -0.39 is 0 Å². The second-order valence-corrected chi connectivity index (χ2v) is 2.11. The van der Waals surface area contributed by atoms with Crippen LogP contribution in [0.25, 0.3) is 0 Å². The van der Waals surface area contributed by atoms with Gasteiger partial charge in [-0.3, -0.25) is 0 Å². The highest BCUT2D eigenvalue weighted by Gasteiger charge is 1.85. The molecule has 0 saturated carbocycles. The lowest BCUT2D eigenvalue weighted by molar-refractivity contribution is 1.00. The lowest BCUT2D eigenvalue weighted by atomic mass is 10.4. The summed E-state index contributed by atoms with van der Waals surface area (Å²) in [6.07, 6.45) is 3.23. The van der Waals surface area contributed by atoms with Crippen molar-refractivity contribution in [3.63, 3.8) is 0 Å². The first-order chi connectivity index (χ1) is 4.70. The van der Waals surface area contributed by atoms with Crippen molar-refractivity contribution in [2.24, 2.45) is 5.73 Å². The minimum Gasteiger partial charge on any atom is -0.403 e. The van der Waals surface area contributed by atoms with E-state index in [0.29, 0.717) is 0 Å². The van der Waals surface area contributed by atoms with Gasteiger partial charge in [-0.2, -0.15) is 12.6 Å². The molecule has 0 aromatic heterocycles. The smallest absolute Gasteiger partial charge is 0.0314 e. The van der Waals surface area contributed by atoms with Gasteiger partial charge in [-0.05, 0) is 18.4 Å². The van der Waals surface area contributed by atoms with Gasteiger partial charge in [0.05, 0.1) is 0 Å². The van der Waals surface area contributed by atoms with E-state index in [4.69, 9.17) is 5.73 Å². The maximum atomic E-state index is 5.21. The quantitative estimate of drug-likeness (QED) is 0.426. The van der Waals surface area contributed by atoms with E-state index in [0.717, 1.165) is 11.4 Å². The molecule has 0 aliphatic heterocycles. The van der Waals surface area contributed by atoms with Gasteiger partial charge in [-0.15, -0.1) is 0 Å². The monoisotopic (exact) mass is 156 g/mol. The van der Waals surface area contributed by atoms with Crippen LogP contribution in [-0.4, -0.2) is 0 Å². The Kier molecular flexibility index (Phi) is 4.58. The molecule has 56 valence electrons. The van der Waals surface area contributed by atoms with E-state index >= 15 is 0 Å². The molecule has 0 amide bonds. The fourth-order valence-electron chi connectivity index (χ4n) is 0.427. The van der Waals surface area contributed by atoms with Crippen molar-refractivity contribution in [1.29, 1.82) is 0 Å². The third kappa shape index (κ3) is 4.09. The van der Waals surface area contributed by atoms with Crippen LogP contribution < -0.4 is 11.1 Å². The van der Waals surface area contributed by atoms with Crippen LogP contribution in [0.2, 0.25) is 0 Å². The predicted molar refractivity (Wildman–Crippen MR) is 48.3 cm³/mol. The normalized spacial score (nSPS) is 12.0. The van der Waals surface area contributed by atoms with Gasteiger partial charge in [0.15, 0.2) is 0 Å². The number of thiol groups is 1. The molecule has 0 heterocycles. The first-order valence-corrected chi connectivity index (χ1v) is 3.37. The molecule has 0 aromatic rings. The molecule has 10 heavy (non-hydrogen) atoms. The molecule has 0 bridgehead atoms. The molecular formula is C7H12N2S. The molecule has 3 heteroatoms. The fraction of sp³-hybridized carbons (Fsp3) is 0.143. The van der Waals surface area contributed by atoms with Crippen LogP contribution in [0, 0.1) is 0 Å². The largest absolute Gasteiger partial charge is 0.403 e. The standard InChI is InChI=1S/C7H12N2S/c1-6(3-4-10)9-7(2)5-8/h3-5,9-10H,1,8H2,2H3/b4-3-,7-5-. The second-order valence-electron chi connectivity index (χ2n) is 1.82. The van der Waals surface area contributed by atoms with Crippen molar-refractivity contribution in [2.75, 3.05) is 0 Å². The summed E-state index contributed by atoms with van der Waals surface area (Å²) in [5.74, 6) is 0. The van der Waals surface area contributed by atoms with Crippen molar-refractivity contribution >= 4 is 12.6 Å². The lowest BCUT2D eigenvalue weighted by Crippen LogP contribution is -2.08. The first-order valence-electron chi connectivity index (χ1n) is 2.86. The third-order valence-electron chi connectivity index (χ3n) is 0.883. The fourth-order valence-corrected chi connectivity index (χ4v) is 0.607. The zero-order valence-corrected chi connectivity index (χ0v) is 6.86. The summed E-state index contributed by atoms with van der Waals surface area (Å²) in [6, 6.07) is 0. The minimum atomic E-state index is 0.772. The second kappa shape index (κ2) is 4.99. The van der Waals surface area contributed by atoms with Crippen molar-refractivity contribution in [3.8, 4) is 0 Å². The first kappa shape index (κ1) is 9.17. The van der Waals surface area contributed by atoms with Gasteiger partial charge in [-0.25, -0.2) is 0 Å². The third-order valence-corrected chi connectivity index (χ3v) is 1.03. The summed E-state index contributed by atoms with van der Waals surface area (Å²) in [5, 5.41) is 4.55. The van der Waals surface area contributed by atoms with E-state index in [-0.39, 0.29) is 0 Å². The molecular weight excluding hydrogens is 144 g/mol. The SMILES string of the molecule is C=C(/C=C\S)N/C(C)=C\N. The molecule has 2 nitrogen and oxygen atoms in total. The van der Waals surface area contributed by atoms with Gasteiger partial charge in [0.1, 0.15) is 0 Å². The Morgan fingerprint density at radius 3 is 2.70 bits per heavy atom. The van der Waals surface area contributed by atoms with Crippen LogP contribution in [-0.2, 0) is 0 Å². The van der Waals surface area contributed by atoms with Crippen LogP contribution in [0.15, 0.2) is 35.7 Å². The lowest BCUT2D eigenvalue weighted by Gasteiger charge is -2.02. The van der Waals surface area contributed by atoms with E-state index in [1.807, 2.05) is 6.92 Å². The zero-order chi connectivity index (χ0) is 7.98. The number of allylic oxidation sites excluding steroid dienone is 2. The van der Waals surface area contributed by atoms with Gasteiger partial charge >= 0.3 is 0 Å². The Labute approximate surface area is 66.9 Å². The zero-order valence-electron chi connectivity index (χ0n) is 5.96.